The van der Waals surface area contributed by atoms with Crippen LogP contribution in [0.5, 0.6) is 0 Å². The fraction of sp³-hybridized carbons (Fsp3) is 0.600. The largest absolute Gasteiger partial charge is 0.470 e. The van der Waals surface area contributed by atoms with Crippen molar-refractivity contribution in [1.29, 1.82) is 0 Å². The van der Waals surface area contributed by atoms with Crippen LogP contribution in [0, 0.1) is 0 Å². The standard InChI is InChI=1S/C10H15BO2/c1-8(11)7-9(2)13-10-5-3-4-6-12-10/h7,10H,1,3-6H2,2H3. The van der Waals surface area contributed by atoms with E-state index in [1.54, 1.807) is 6.08 Å². The summed E-state index contributed by atoms with van der Waals surface area (Å²) in [6, 6.07) is 0. The van der Waals surface area contributed by atoms with Gasteiger partial charge in [0.2, 0.25) is 0 Å². The van der Waals surface area contributed by atoms with E-state index in [1.165, 1.54) is 6.42 Å². The Bertz CT molecular complexity index is 205. The van der Waals surface area contributed by atoms with Crippen molar-refractivity contribution < 1.29 is 9.47 Å². The molecule has 0 bridgehead atoms. The lowest BCUT2D eigenvalue weighted by atomic mass is 9.97. The summed E-state index contributed by atoms with van der Waals surface area (Å²) in [6.07, 6.45) is 4.87. The molecule has 1 aliphatic heterocycles. The van der Waals surface area contributed by atoms with Gasteiger partial charge < -0.3 is 9.47 Å². The number of ether oxygens (including phenoxy) is 2. The second-order valence-corrected chi connectivity index (χ2v) is 3.24. The van der Waals surface area contributed by atoms with E-state index in [0.717, 1.165) is 25.2 Å². The fourth-order valence-electron chi connectivity index (χ4n) is 1.31. The van der Waals surface area contributed by atoms with Crippen molar-refractivity contribution in [1.82, 2.24) is 0 Å². The molecule has 2 radical (unpaired) electrons. The summed E-state index contributed by atoms with van der Waals surface area (Å²) in [5.74, 6) is 0.763. The highest BCUT2D eigenvalue weighted by molar-refractivity contribution is 6.23. The predicted molar refractivity (Wildman–Crippen MR) is 53.3 cm³/mol. The molecule has 1 unspecified atom stereocenters. The summed E-state index contributed by atoms with van der Waals surface area (Å²) in [5.41, 5.74) is 0.508. The van der Waals surface area contributed by atoms with Gasteiger partial charge in [0.05, 0.1) is 12.4 Å². The first kappa shape index (κ1) is 10.4. The predicted octanol–water partition coefficient (Wildman–Crippen LogP) is 2.12. The highest BCUT2D eigenvalue weighted by Gasteiger charge is 2.14. The molecule has 70 valence electrons. The molecule has 0 spiro atoms. The molecule has 0 amide bonds. The van der Waals surface area contributed by atoms with Crippen LogP contribution in [-0.2, 0) is 9.47 Å². The van der Waals surface area contributed by atoms with Gasteiger partial charge in [0.1, 0.15) is 7.85 Å². The molecule has 3 heteroatoms. The first-order valence-corrected chi connectivity index (χ1v) is 4.59. The van der Waals surface area contributed by atoms with E-state index in [-0.39, 0.29) is 6.29 Å². The van der Waals surface area contributed by atoms with Crippen LogP contribution in [0.15, 0.2) is 23.9 Å². The second kappa shape index (κ2) is 5.13. The van der Waals surface area contributed by atoms with E-state index in [1.807, 2.05) is 6.92 Å². The summed E-state index contributed by atoms with van der Waals surface area (Å²) in [5, 5.41) is 0. The maximum absolute atomic E-state index is 5.50. The van der Waals surface area contributed by atoms with Gasteiger partial charge in [-0.25, -0.2) is 0 Å². The Balaban J connectivity index is 2.33. The highest BCUT2D eigenvalue weighted by Crippen LogP contribution is 2.16. The van der Waals surface area contributed by atoms with Gasteiger partial charge in [0, 0.05) is 6.42 Å². The summed E-state index contributed by atoms with van der Waals surface area (Å²) in [4.78, 5) is 0. The monoisotopic (exact) mass is 178 g/mol. The lowest BCUT2D eigenvalue weighted by Gasteiger charge is -2.23. The maximum Gasteiger partial charge on any atom is 0.199 e. The zero-order chi connectivity index (χ0) is 9.68. The minimum absolute atomic E-state index is 0.0932. The maximum atomic E-state index is 5.50. The van der Waals surface area contributed by atoms with Crippen molar-refractivity contribution in [2.75, 3.05) is 6.61 Å². The second-order valence-electron chi connectivity index (χ2n) is 3.24. The lowest BCUT2D eigenvalue weighted by Crippen LogP contribution is -2.21. The van der Waals surface area contributed by atoms with E-state index >= 15 is 0 Å². The van der Waals surface area contributed by atoms with Crippen molar-refractivity contribution in [3.63, 3.8) is 0 Å². The smallest absolute Gasteiger partial charge is 0.199 e. The number of rotatable bonds is 3. The fourth-order valence-corrected chi connectivity index (χ4v) is 1.31. The Kier molecular flexibility index (Phi) is 4.09. The van der Waals surface area contributed by atoms with Gasteiger partial charge in [0.25, 0.3) is 0 Å². The van der Waals surface area contributed by atoms with E-state index in [0.29, 0.717) is 5.47 Å². The summed E-state index contributed by atoms with van der Waals surface area (Å²) in [6.45, 7) is 6.22. The third-order valence-corrected chi connectivity index (χ3v) is 1.84. The van der Waals surface area contributed by atoms with Gasteiger partial charge in [-0.3, -0.25) is 0 Å². The van der Waals surface area contributed by atoms with E-state index < -0.39 is 0 Å². The van der Waals surface area contributed by atoms with Gasteiger partial charge >= 0.3 is 0 Å². The molecule has 0 saturated carbocycles. The first-order chi connectivity index (χ1) is 6.18. The highest BCUT2D eigenvalue weighted by atomic mass is 16.7. The molecule has 0 aromatic heterocycles. The van der Waals surface area contributed by atoms with Crippen LogP contribution < -0.4 is 0 Å². The summed E-state index contributed by atoms with van der Waals surface area (Å²) >= 11 is 0. The van der Waals surface area contributed by atoms with Crippen molar-refractivity contribution in [3.8, 4) is 0 Å². The van der Waals surface area contributed by atoms with E-state index in [4.69, 9.17) is 17.3 Å². The zero-order valence-corrected chi connectivity index (χ0v) is 8.08. The van der Waals surface area contributed by atoms with Crippen molar-refractivity contribution in [2.24, 2.45) is 0 Å². The van der Waals surface area contributed by atoms with Crippen LogP contribution in [0.1, 0.15) is 26.2 Å². The van der Waals surface area contributed by atoms with Crippen LogP contribution in [0.3, 0.4) is 0 Å². The Morgan fingerprint density at radius 1 is 1.62 bits per heavy atom. The zero-order valence-electron chi connectivity index (χ0n) is 8.08. The van der Waals surface area contributed by atoms with E-state index in [2.05, 4.69) is 6.58 Å². The topological polar surface area (TPSA) is 18.5 Å². The Labute approximate surface area is 81.0 Å². The van der Waals surface area contributed by atoms with Gasteiger partial charge in [-0.2, -0.15) is 0 Å². The Hall–Kier alpha value is -0.695. The normalized spacial score (nSPS) is 24.1. The minimum atomic E-state index is -0.0932. The average molecular weight is 178 g/mol. The lowest BCUT2D eigenvalue weighted by molar-refractivity contribution is -0.138. The van der Waals surface area contributed by atoms with Crippen LogP contribution in [0.4, 0.5) is 0 Å². The SMILES string of the molecule is [B]C(=C)C=C(C)OC1CCCCO1. The summed E-state index contributed by atoms with van der Waals surface area (Å²) in [7, 11) is 5.41. The van der Waals surface area contributed by atoms with Gasteiger partial charge in [0.15, 0.2) is 6.29 Å². The molecular weight excluding hydrogens is 163 g/mol. The molecule has 2 nitrogen and oxygen atoms in total. The molecule has 1 atom stereocenters. The van der Waals surface area contributed by atoms with Gasteiger partial charge in [-0.1, -0.05) is 0 Å². The molecule has 1 saturated heterocycles. The number of hydrogen-bond acceptors (Lipinski definition) is 2. The van der Waals surface area contributed by atoms with Crippen molar-refractivity contribution in [2.45, 2.75) is 32.5 Å². The van der Waals surface area contributed by atoms with Crippen molar-refractivity contribution in [3.05, 3.63) is 23.9 Å². The third kappa shape index (κ3) is 4.18. The first-order valence-electron chi connectivity index (χ1n) is 4.59. The van der Waals surface area contributed by atoms with Crippen LogP contribution in [0.2, 0.25) is 0 Å². The van der Waals surface area contributed by atoms with Gasteiger partial charge in [-0.05, 0) is 25.8 Å². The molecule has 1 rings (SSSR count). The van der Waals surface area contributed by atoms with Crippen LogP contribution >= 0.6 is 0 Å². The molecule has 1 heterocycles. The minimum Gasteiger partial charge on any atom is -0.470 e. The molecule has 1 aliphatic rings. The average Bonchev–Trinajstić information content (AvgIpc) is 2.04. The molecule has 0 N–H and O–H groups in total. The molecule has 1 fully saturated rings. The molecule has 13 heavy (non-hydrogen) atoms. The van der Waals surface area contributed by atoms with E-state index in [9.17, 15) is 0 Å². The quantitative estimate of drug-likeness (QED) is 0.374. The molecular formula is C10H15BO2. The number of allylic oxidation sites excluding steroid dienone is 3. The Morgan fingerprint density at radius 3 is 2.92 bits per heavy atom. The van der Waals surface area contributed by atoms with Crippen molar-refractivity contribution >= 4 is 7.85 Å². The summed E-state index contributed by atoms with van der Waals surface area (Å²) < 4.78 is 10.9. The van der Waals surface area contributed by atoms with Crippen LogP contribution in [0.25, 0.3) is 0 Å². The molecule has 0 aromatic carbocycles. The Morgan fingerprint density at radius 2 is 2.38 bits per heavy atom. The molecule has 0 aromatic rings. The van der Waals surface area contributed by atoms with Gasteiger partial charge in [-0.15, -0.1) is 12.1 Å². The van der Waals surface area contributed by atoms with Crippen LogP contribution in [-0.4, -0.2) is 20.7 Å². The number of hydrogen-bond donors (Lipinski definition) is 0. The molecule has 0 aliphatic carbocycles. The third-order valence-electron chi connectivity index (χ3n) is 1.84.